The summed E-state index contributed by atoms with van der Waals surface area (Å²) in [5.74, 6) is 0.282. The normalized spacial score (nSPS) is 27.3. The van der Waals surface area contributed by atoms with Gasteiger partial charge in [0, 0.05) is 114 Å². The summed E-state index contributed by atoms with van der Waals surface area (Å²) in [6.07, 6.45) is 4.82. The van der Waals surface area contributed by atoms with Crippen molar-refractivity contribution in [2.75, 3.05) is 102 Å². The summed E-state index contributed by atoms with van der Waals surface area (Å²) in [5, 5.41) is 35.1. The average Bonchev–Trinajstić information content (AvgIpc) is 4.25. The Labute approximate surface area is 504 Å². The number of piperazine rings is 2. The number of piperidine rings is 2. The van der Waals surface area contributed by atoms with E-state index in [-0.39, 0.29) is 89.5 Å². The maximum atomic E-state index is 13.4. The number of hydrogen-bond donors (Lipinski definition) is 3. The molecule has 7 saturated heterocycles. The maximum Gasteiger partial charge on any atom is 2.00 e. The van der Waals surface area contributed by atoms with Crippen LogP contribution in [0.5, 0.6) is 0 Å². The van der Waals surface area contributed by atoms with E-state index in [1.807, 2.05) is 55.5 Å². The van der Waals surface area contributed by atoms with Crippen LogP contribution in [0.15, 0.2) is 92.0 Å². The summed E-state index contributed by atoms with van der Waals surface area (Å²) in [4.78, 5) is 21.6. The van der Waals surface area contributed by atoms with Crippen LogP contribution in [0.2, 0.25) is 0 Å². The standard InChI is InChI=1S/C26H37N3O5S2.C25H33N3O5S2.C4H8O.CH3.BrH.Mg/c1-25(2,30)19-6-8-20(9-7-19)28-11-10-27(36(32,33)24-5-4-12-35-24)15-23(28)16-29-21-13-26(3,31)14-22(29)18-34-17-21;1-25(2,30)18-5-7-19(8-6-18)27-10-9-26(35(31,32)24-4-3-11-34-24)14-22(27)15-28-20-12-23(29)13-21(28)17-33-16-20;1-2-4-5-3-1;;;/h4-9,12,21-23,30-31H,10-11,13-18H2,1-3H3;3-8,11,20-22,30H,9-10,12-17H2,1-2H3;1-4H2;1H3;1H;/q;;;-1;;+2/p-1/t21-,22+,23-,26?;20-,21+,22-;;;;/m11..../s1. The number of ketones is 1. The third-order valence-electron chi connectivity index (χ3n) is 15.9. The molecule has 0 radical (unpaired) electrons. The van der Waals surface area contributed by atoms with E-state index in [4.69, 9.17) is 14.2 Å². The number of hydrogen-bond acceptors (Lipinski definition) is 17. The second-order valence-electron chi connectivity index (χ2n) is 22.8. The molecule has 9 heterocycles. The van der Waals surface area contributed by atoms with Crippen LogP contribution in [0.3, 0.4) is 0 Å². The first-order valence-corrected chi connectivity index (χ1v) is 31.5. The van der Waals surface area contributed by atoms with E-state index in [9.17, 15) is 36.9 Å². The van der Waals surface area contributed by atoms with Gasteiger partial charge in [0.15, 0.2) is 0 Å². The molecule has 0 amide bonds. The van der Waals surface area contributed by atoms with Crippen LogP contribution < -0.4 is 26.8 Å². The van der Waals surface area contributed by atoms with Crippen molar-refractivity contribution in [3.05, 3.63) is 102 Å². The minimum atomic E-state index is -3.56. The van der Waals surface area contributed by atoms with Crippen molar-refractivity contribution >= 4 is 82.9 Å². The SMILES string of the molecule is C1CCOC1.CC(C)(O)c1ccc(N2CCN(S(=O)(=O)c3cccs3)C[C@@H]2CN2[C@@H]3COC[C@H]2CC(=O)C3)cc1.CC1(O)C[C@H]2COC[C@@H](C1)N2C[C@H]1CN(S(=O)(=O)c2cccs2)CCN1c1ccc(C(C)(C)O)cc1.[Br-].[CH3-].[Mg+2]. The number of aliphatic hydroxyl groups is 3. The van der Waals surface area contributed by atoms with Gasteiger partial charge in [-0.3, -0.25) is 14.6 Å². The zero-order valence-corrected chi connectivity index (χ0v) is 53.0. The quantitative estimate of drug-likeness (QED) is 0.139. The Morgan fingerprint density at radius 3 is 1.33 bits per heavy atom. The molecule has 23 heteroatoms. The van der Waals surface area contributed by atoms with Crippen LogP contribution in [0.25, 0.3) is 0 Å². The number of halogens is 1. The summed E-state index contributed by atoms with van der Waals surface area (Å²) >= 11 is 2.50. The van der Waals surface area contributed by atoms with Crippen molar-refractivity contribution in [1.82, 2.24) is 18.4 Å². The molecule has 7 aliphatic rings. The number of nitrogens with zero attached hydrogens (tertiary/aromatic N) is 6. The molecule has 4 bridgehead atoms. The number of morpholine rings is 2. The molecule has 17 nitrogen and oxygen atoms in total. The van der Waals surface area contributed by atoms with Crippen molar-refractivity contribution in [3.8, 4) is 0 Å². The van der Waals surface area contributed by atoms with Gasteiger partial charge in [-0.05, 0) is 119 Å². The van der Waals surface area contributed by atoms with E-state index in [1.165, 1.54) is 35.5 Å². The van der Waals surface area contributed by atoms with E-state index in [0.717, 1.165) is 35.7 Å². The van der Waals surface area contributed by atoms with E-state index < -0.39 is 36.8 Å². The zero-order chi connectivity index (χ0) is 54.0. The number of carbonyl (C=O) groups excluding carboxylic acids is 1. The van der Waals surface area contributed by atoms with Crippen LogP contribution in [-0.2, 0) is 50.3 Å². The Kier molecular flexibility index (Phi) is 23.1. The van der Waals surface area contributed by atoms with Gasteiger partial charge < -0.3 is 63.7 Å². The summed E-state index contributed by atoms with van der Waals surface area (Å²) in [6, 6.07) is 22.8. The minimum absolute atomic E-state index is 0. The van der Waals surface area contributed by atoms with Crippen LogP contribution in [0.1, 0.15) is 84.3 Å². The van der Waals surface area contributed by atoms with E-state index >= 15 is 0 Å². The summed E-state index contributed by atoms with van der Waals surface area (Å²) in [7, 11) is -7.11. The molecule has 0 saturated carbocycles. The number of Topliss-reactive ketones (excluding diaryl/α,β-unsaturated/α-hetero) is 1. The first kappa shape index (κ1) is 66.0. The topological polar surface area (TPSA) is 193 Å². The predicted molar refractivity (Wildman–Crippen MR) is 308 cm³/mol. The third-order valence-corrected chi connectivity index (χ3v) is 22.4. The second kappa shape index (κ2) is 27.7. The molecule has 1 unspecified atom stereocenters. The van der Waals surface area contributed by atoms with Gasteiger partial charge in [0.1, 0.15) is 14.2 Å². The van der Waals surface area contributed by atoms with Crippen molar-refractivity contribution in [1.29, 1.82) is 0 Å². The molecule has 3 N–H and O–H groups in total. The summed E-state index contributed by atoms with van der Waals surface area (Å²) < 4.78 is 73.9. The monoisotopic (exact) mass is 1240 g/mol. The molecule has 2 aromatic heterocycles. The molecule has 11 rings (SSSR count). The average molecular weight is 1250 g/mol. The first-order valence-electron chi connectivity index (χ1n) is 26.8. The third kappa shape index (κ3) is 16.0. The number of anilines is 2. The van der Waals surface area contributed by atoms with E-state index in [2.05, 4.69) is 19.6 Å². The molecule has 79 heavy (non-hydrogen) atoms. The van der Waals surface area contributed by atoms with Crippen LogP contribution in [0, 0.1) is 7.43 Å². The van der Waals surface area contributed by atoms with Crippen LogP contribution in [0.4, 0.5) is 11.4 Å². The maximum absolute atomic E-state index is 13.4. The van der Waals surface area contributed by atoms with Gasteiger partial charge in [-0.2, -0.15) is 8.61 Å². The number of thiophene rings is 2. The van der Waals surface area contributed by atoms with Gasteiger partial charge in [-0.1, -0.05) is 36.4 Å². The summed E-state index contributed by atoms with van der Waals surface area (Å²) in [5.41, 5.74) is 1.14. The second-order valence-corrected chi connectivity index (χ2v) is 29.0. The minimum Gasteiger partial charge on any atom is -1.00 e. The molecular weight excluding hydrogens is 1170 g/mol. The van der Waals surface area contributed by atoms with Gasteiger partial charge in [-0.25, -0.2) is 16.8 Å². The molecule has 2 aromatic carbocycles. The Bertz CT molecular complexity index is 2720. The molecule has 4 aromatic rings. The largest absolute Gasteiger partial charge is 2.00 e. The Balaban J connectivity index is 0.000000226. The predicted octanol–water partition coefficient (Wildman–Crippen LogP) is 2.63. The van der Waals surface area contributed by atoms with Crippen molar-refractivity contribution < 1.29 is 68.1 Å². The molecule has 0 spiro atoms. The Morgan fingerprint density at radius 2 is 0.987 bits per heavy atom. The van der Waals surface area contributed by atoms with Gasteiger partial charge >= 0.3 is 23.1 Å². The zero-order valence-electron chi connectivity index (χ0n) is 46.7. The van der Waals surface area contributed by atoms with Crippen LogP contribution >= 0.6 is 22.7 Å². The van der Waals surface area contributed by atoms with Gasteiger partial charge in [-0.15, -0.1) is 22.7 Å². The first-order chi connectivity index (χ1) is 36.1. The number of fused-ring (bicyclic) bond motifs is 4. The van der Waals surface area contributed by atoms with Crippen molar-refractivity contribution in [3.63, 3.8) is 0 Å². The fourth-order valence-electron chi connectivity index (χ4n) is 11.9. The molecule has 434 valence electrons. The van der Waals surface area contributed by atoms with Crippen molar-refractivity contribution in [2.45, 2.75) is 135 Å². The number of rotatable bonds is 12. The molecule has 0 aliphatic carbocycles. The summed E-state index contributed by atoms with van der Waals surface area (Å²) in [6.45, 7) is 17.3. The molecule has 7 aliphatic heterocycles. The number of carbonyl (C=O) groups is 1. The Morgan fingerprint density at radius 1 is 0.608 bits per heavy atom. The van der Waals surface area contributed by atoms with E-state index in [0.29, 0.717) is 113 Å². The fraction of sp³-hybridized carbons (Fsp3) is 0.607. The van der Waals surface area contributed by atoms with Gasteiger partial charge in [0.2, 0.25) is 0 Å². The Hall–Kier alpha value is -2.14. The number of sulfonamides is 2. The smallest absolute Gasteiger partial charge is 1.00 e. The molecular formula is C56H81BrMgN6O11S4. The van der Waals surface area contributed by atoms with Gasteiger partial charge in [0.25, 0.3) is 20.0 Å². The number of ether oxygens (including phenoxy) is 3. The molecule has 7 atom stereocenters. The van der Waals surface area contributed by atoms with E-state index in [1.54, 1.807) is 71.3 Å². The molecule has 7 fully saturated rings. The number of benzene rings is 2. The van der Waals surface area contributed by atoms with Crippen LogP contribution in [-0.4, -0.2) is 213 Å². The van der Waals surface area contributed by atoms with Crippen molar-refractivity contribution in [2.24, 2.45) is 0 Å². The fourth-order valence-corrected chi connectivity index (χ4v) is 17.2. The van der Waals surface area contributed by atoms with Gasteiger partial charge in [0.05, 0.1) is 55.3 Å².